The van der Waals surface area contributed by atoms with Crippen molar-refractivity contribution in [3.8, 4) is 0 Å². The van der Waals surface area contributed by atoms with E-state index in [1.165, 1.54) is 0 Å². The van der Waals surface area contributed by atoms with E-state index >= 15 is 0 Å². The Labute approximate surface area is 175 Å². The Kier molecular flexibility index (Phi) is 6.44. The molecule has 0 aliphatic rings. The molecule has 3 aromatic rings. The highest BCUT2D eigenvalue weighted by atomic mass is 16.2. The maximum Gasteiger partial charge on any atom is 0.252 e. The van der Waals surface area contributed by atoms with Crippen LogP contribution < -0.4 is 22.5 Å². The number of amides is 1. The number of benzene rings is 3. The van der Waals surface area contributed by atoms with E-state index < -0.39 is 17.2 Å². The van der Waals surface area contributed by atoms with E-state index in [9.17, 15) is 9.59 Å². The zero-order valence-electron chi connectivity index (χ0n) is 16.5. The minimum absolute atomic E-state index is 0.0489. The number of nitrogens with two attached hydrogens (primary N) is 3. The number of hydrogen-bond acceptors (Lipinski definition) is 4. The lowest BCUT2D eigenvalue weighted by molar-refractivity contribution is -0.119. The maximum absolute atomic E-state index is 13.3. The molecule has 0 aliphatic carbocycles. The summed E-state index contributed by atoms with van der Waals surface area (Å²) in [5.74, 6) is -1.07. The molecule has 0 bridgehead atoms. The maximum atomic E-state index is 13.3. The number of hydrogen-bond donors (Lipinski definition) is 4. The zero-order chi connectivity index (χ0) is 21.6. The second kappa shape index (κ2) is 9.19. The Morgan fingerprint density at radius 3 is 2.30 bits per heavy atom. The van der Waals surface area contributed by atoms with Crippen molar-refractivity contribution in [2.24, 2.45) is 22.2 Å². The summed E-state index contributed by atoms with van der Waals surface area (Å²) in [6, 6.07) is 21.8. The smallest absolute Gasteiger partial charge is 0.252 e. The van der Waals surface area contributed by atoms with Crippen LogP contribution in [0.1, 0.15) is 23.2 Å². The molecule has 7 heteroatoms. The zero-order valence-corrected chi connectivity index (χ0v) is 16.5. The van der Waals surface area contributed by atoms with E-state index in [2.05, 4.69) is 10.3 Å². The minimum Gasteiger partial charge on any atom is -0.370 e. The molecular formula is C23H25N5O2. The van der Waals surface area contributed by atoms with E-state index in [1.807, 2.05) is 36.4 Å². The molecule has 154 valence electrons. The van der Waals surface area contributed by atoms with Gasteiger partial charge in [0.1, 0.15) is 0 Å². The SMILES string of the molecule is NC(N)=NCCCC(N)(C(=O)Nc1cccc2ccccc12)C(=O)c1ccccc1. The van der Waals surface area contributed by atoms with E-state index in [4.69, 9.17) is 17.2 Å². The molecule has 0 saturated carbocycles. The van der Waals surface area contributed by atoms with Gasteiger partial charge < -0.3 is 22.5 Å². The van der Waals surface area contributed by atoms with Crippen LogP contribution in [0, 0.1) is 0 Å². The number of aliphatic imine (C=N–C) groups is 1. The van der Waals surface area contributed by atoms with Gasteiger partial charge >= 0.3 is 0 Å². The van der Waals surface area contributed by atoms with Gasteiger partial charge in [0.05, 0.1) is 0 Å². The summed E-state index contributed by atoms with van der Waals surface area (Å²) in [5.41, 5.74) is 16.4. The number of guanidine groups is 1. The lowest BCUT2D eigenvalue weighted by atomic mass is 9.84. The summed E-state index contributed by atoms with van der Waals surface area (Å²) in [5, 5.41) is 4.69. The van der Waals surface area contributed by atoms with E-state index in [0.29, 0.717) is 17.7 Å². The van der Waals surface area contributed by atoms with Gasteiger partial charge in [-0.2, -0.15) is 0 Å². The highest BCUT2D eigenvalue weighted by molar-refractivity contribution is 6.22. The van der Waals surface area contributed by atoms with Crippen LogP contribution in [0.3, 0.4) is 0 Å². The van der Waals surface area contributed by atoms with Crippen molar-refractivity contribution in [1.82, 2.24) is 0 Å². The van der Waals surface area contributed by atoms with Crippen LogP contribution in [-0.2, 0) is 4.79 Å². The highest BCUT2D eigenvalue weighted by Gasteiger charge is 2.42. The molecule has 3 aromatic carbocycles. The van der Waals surface area contributed by atoms with Gasteiger partial charge in [-0.15, -0.1) is 0 Å². The van der Waals surface area contributed by atoms with Crippen molar-refractivity contribution < 1.29 is 9.59 Å². The Morgan fingerprint density at radius 2 is 1.57 bits per heavy atom. The molecule has 0 aromatic heterocycles. The van der Waals surface area contributed by atoms with Crippen LogP contribution in [0.2, 0.25) is 0 Å². The molecule has 0 radical (unpaired) electrons. The van der Waals surface area contributed by atoms with Gasteiger partial charge in [-0.3, -0.25) is 14.6 Å². The molecular weight excluding hydrogens is 378 g/mol. The summed E-state index contributed by atoms with van der Waals surface area (Å²) in [6.45, 7) is 0.269. The summed E-state index contributed by atoms with van der Waals surface area (Å²) in [7, 11) is 0. The first-order valence-corrected chi connectivity index (χ1v) is 9.65. The number of Topliss-reactive ketones (excluding diaryl/α,β-unsaturated/α-hetero) is 1. The van der Waals surface area contributed by atoms with Gasteiger partial charge in [0.15, 0.2) is 17.3 Å². The van der Waals surface area contributed by atoms with E-state index in [1.54, 1.807) is 36.4 Å². The van der Waals surface area contributed by atoms with Crippen molar-refractivity contribution in [3.05, 3.63) is 78.4 Å². The summed E-state index contributed by atoms with van der Waals surface area (Å²) in [4.78, 5) is 30.4. The van der Waals surface area contributed by atoms with Crippen LogP contribution >= 0.6 is 0 Å². The molecule has 1 atom stereocenters. The first kappa shape index (κ1) is 21.0. The number of rotatable bonds is 8. The van der Waals surface area contributed by atoms with Gasteiger partial charge in [-0.1, -0.05) is 66.7 Å². The van der Waals surface area contributed by atoms with Crippen molar-refractivity contribution in [2.45, 2.75) is 18.4 Å². The summed E-state index contributed by atoms with van der Waals surface area (Å²) in [6.07, 6.45) is 0.462. The van der Waals surface area contributed by atoms with Crippen LogP contribution in [0.15, 0.2) is 77.8 Å². The number of carbonyl (C=O) groups excluding carboxylic acids is 2. The summed E-state index contributed by atoms with van der Waals surface area (Å²) < 4.78 is 0. The normalized spacial score (nSPS) is 12.7. The molecule has 0 aliphatic heterocycles. The lowest BCUT2D eigenvalue weighted by Crippen LogP contribution is -2.57. The number of ketones is 1. The quantitative estimate of drug-likeness (QED) is 0.150. The Balaban J connectivity index is 1.91. The van der Waals surface area contributed by atoms with Crippen LogP contribution in [0.4, 0.5) is 5.69 Å². The van der Waals surface area contributed by atoms with Crippen LogP contribution in [-0.4, -0.2) is 29.7 Å². The fourth-order valence-electron chi connectivity index (χ4n) is 3.31. The Bertz CT molecular complexity index is 1070. The molecule has 0 fully saturated rings. The molecule has 0 saturated heterocycles. The van der Waals surface area contributed by atoms with E-state index in [0.717, 1.165) is 10.8 Å². The molecule has 1 amide bonds. The number of fused-ring (bicyclic) bond motifs is 1. The fourth-order valence-corrected chi connectivity index (χ4v) is 3.31. The number of nitrogens with zero attached hydrogens (tertiary/aromatic N) is 1. The van der Waals surface area contributed by atoms with Crippen molar-refractivity contribution >= 4 is 34.1 Å². The fraction of sp³-hybridized carbons (Fsp3) is 0.174. The Hall–Kier alpha value is -3.71. The lowest BCUT2D eigenvalue weighted by Gasteiger charge is -2.27. The third-order valence-electron chi connectivity index (χ3n) is 4.91. The predicted octanol–water partition coefficient (Wildman–Crippen LogP) is 2.41. The average molecular weight is 403 g/mol. The van der Waals surface area contributed by atoms with E-state index in [-0.39, 0.29) is 18.9 Å². The van der Waals surface area contributed by atoms with Gasteiger partial charge in [0, 0.05) is 23.2 Å². The third kappa shape index (κ3) is 4.64. The number of anilines is 1. The molecule has 7 nitrogen and oxygen atoms in total. The first-order valence-electron chi connectivity index (χ1n) is 9.65. The third-order valence-corrected chi connectivity index (χ3v) is 4.91. The highest BCUT2D eigenvalue weighted by Crippen LogP contribution is 2.25. The van der Waals surface area contributed by atoms with Gasteiger partial charge in [-0.05, 0) is 24.3 Å². The van der Waals surface area contributed by atoms with Crippen LogP contribution in [0.25, 0.3) is 10.8 Å². The van der Waals surface area contributed by atoms with Gasteiger partial charge in [0.25, 0.3) is 5.91 Å². The molecule has 1 unspecified atom stereocenters. The predicted molar refractivity (Wildman–Crippen MR) is 120 cm³/mol. The molecule has 0 spiro atoms. The largest absolute Gasteiger partial charge is 0.370 e. The molecule has 30 heavy (non-hydrogen) atoms. The van der Waals surface area contributed by atoms with Crippen molar-refractivity contribution in [3.63, 3.8) is 0 Å². The van der Waals surface area contributed by atoms with Crippen LogP contribution in [0.5, 0.6) is 0 Å². The summed E-state index contributed by atoms with van der Waals surface area (Å²) >= 11 is 0. The molecule has 3 rings (SSSR count). The topological polar surface area (TPSA) is 137 Å². The second-order valence-corrected chi connectivity index (χ2v) is 7.06. The van der Waals surface area contributed by atoms with Crippen molar-refractivity contribution in [1.29, 1.82) is 0 Å². The second-order valence-electron chi connectivity index (χ2n) is 7.06. The van der Waals surface area contributed by atoms with Gasteiger partial charge in [0.2, 0.25) is 0 Å². The van der Waals surface area contributed by atoms with Crippen molar-refractivity contribution in [2.75, 3.05) is 11.9 Å². The molecule has 0 heterocycles. The number of carbonyl (C=O) groups is 2. The average Bonchev–Trinajstić information content (AvgIpc) is 2.76. The number of nitrogens with one attached hydrogen (secondary N) is 1. The standard InChI is InChI=1S/C23H25N5O2/c24-22(25)27-15-7-14-23(26,20(29)17-9-2-1-3-10-17)21(30)28-19-13-6-11-16-8-4-5-12-18(16)19/h1-6,8-13H,7,14-15,26H2,(H,28,30)(H4,24,25,27). The van der Waals surface area contributed by atoms with Gasteiger partial charge in [-0.25, -0.2) is 0 Å². The minimum atomic E-state index is -1.77. The first-order chi connectivity index (χ1) is 14.4. The monoisotopic (exact) mass is 403 g/mol. The Morgan fingerprint density at radius 1 is 0.900 bits per heavy atom. The molecule has 7 N–H and O–H groups in total.